The van der Waals surface area contributed by atoms with E-state index in [9.17, 15) is 0 Å². The number of halogens is 2. The van der Waals surface area contributed by atoms with Crippen LogP contribution >= 0.6 is 35.4 Å². The Morgan fingerprint density at radius 3 is 3.00 bits per heavy atom. The topological polar surface area (TPSA) is 33.3 Å². The minimum Gasteiger partial charge on any atom is -0.376 e. The van der Waals surface area contributed by atoms with Crippen LogP contribution in [0.15, 0.2) is 18.2 Å². The van der Waals surface area contributed by atoms with E-state index < -0.39 is 0 Å². The van der Waals surface area contributed by atoms with Gasteiger partial charge >= 0.3 is 0 Å². The predicted molar refractivity (Wildman–Crippen MR) is 79.7 cm³/mol. The van der Waals surface area contributed by atoms with Crippen molar-refractivity contribution in [2.24, 2.45) is 0 Å². The van der Waals surface area contributed by atoms with Gasteiger partial charge in [-0.1, -0.05) is 29.3 Å². The lowest BCUT2D eigenvalue weighted by Crippen LogP contribution is -2.34. The van der Waals surface area contributed by atoms with E-state index in [0.29, 0.717) is 27.4 Å². The number of ether oxygens (including phenoxy) is 1. The van der Waals surface area contributed by atoms with Crippen LogP contribution in [0.2, 0.25) is 10.0 Å². The van der Waals surface area contributed by atoms with Crippen LogP contribution in [0.3, 0.4) is 0 Å². The second-order valence-electron chi connectivity index (χ2n) is 4.07. The molecule has 2 rings (SSSR count). The number of hydrogen-bond acceptors (Lipinski definition) is 2. The van der Waals surface area contributed by atoms with Gasteiger partial charge < -0.3 is 15.4 Å². The number of thiocarbonyl (C=S) groups is 1. The van der Waals surface area contributed by atoms with Crippen molar-refractivity contribution < 1.29 is 4.74 Å². The first-order chi connectivity index (χ1) is 8.66. The Balaban J connectivity index is 1.84. The molecule has 1 saturated heterocycles. The Morgan fingerprint density at radius 1 is 1.44 bits per heavy atom. The van der Waals surface area contributed by atoms with Gasteiger partial charge in [-0.3, -0.25) is 0 Å². The third-order valence-electron chi connectivity index (χ3n) is 2.71. The van der Waals surface area contributed by atoms with Crippen LogP contribution in [-0.4, -0.2) is 24.4 Å². The zero-order chi connectivity index (χ0) is 13.0. The van der Waals surface area contributed by atoms with Crippen LogP contribution in [0.25, 0.3) is 0 Å². The van der Waals surface area contributed by atoms with E-state index in [1.807, 2.05) is 12.1 Å². The Morgan fingerprint density at radius 2 is 2.28 bits per heavy atom. The highest BCUT2D eigenvalue weighted by Gasteiger charge is 2.15. The summed E-state index contributed by atoms with van der Waals surface area (Å²) < 4.78 is 5.50. The van der Waals surface area contributed by atoms with Crippen LogP contribution in [0.5, 0.6) is 0 Å². The zero-order valence-corrected chi connectivity index (χ0v) is 12.0. The van der Waals surface area contributed by atoms with Gasteiger partial charge in [-0.15, -0.1) is 0 Å². The lowest BCUT2D eigenvalue weighted by molar-refractivity contribution is 0.114. The molecule has 1 aliphatic heterocycles. The van der Waals surface area contributed by atoms with Crippen molar-refractivity contribution in [1.82, 2.24) is 5.32 Å². The number of nitrogens with one attached hydrogen (secondary N) is 2. The molecule has 0 radical (unpaired) electrons. The Labute approximate surface area is 122 Å². The molecule has 18 heavy (non-hydrogen) atoms. The Bertz CT molecular complexity index is 436. The first kappa shape index (κ1) is 13.9. The minimum atomic E-state index is 0.250. The molecule has 1 aliphatic rings. The van der Waals surface area contributed by atoms with Gasteiger partial charge in [0.25, 0.3) is 0 Å². The molecular weight excluding hydrogens is 291 g/mol. The number of hydrogen-bond donors (Lipinski definition) is 2. The van der Waals surface area contributed by atoms with Crippen molar-refractivity contribution in [3.63, 3.8) is 0 Å². The van der Waals surface area contributed by atoms with E-state index in [-0.39, 0.29) is 6.10 Å². The predicted octanol–water partition coefficient (Wildman–Crippen LogP) is 3.46. The maximum absolute atomic E-state index is 6.06. The molecule has 6 heteroatoms. The van der Waals surface area contributed by atoms with E-state index in [1.54, 1.807) is 6.07 Å². The monoisotopic (exact) mass is 304 g/mol. The van der Waals surface area contributed by atoms with Gasteiger partial charge in [-0.25, -0.2) is 0 Å². The molecule has 98 valence electrons. The van der Waals surface area contributed by atoms with Crippen LogP contribution in [0.1, 0.15) is 12.8 Å². The van der Waals surface area contributed by atoms with Crippen LogP contribution in [0, 0.1) is 0 Å². The van der Waals surface area contributed by atoms with Gasteiger partial charge in [0.2, 0.25) is 0 Å². The highest BCUT2D eigenvalue weighted by atomic mass is 35.5. The smallest absolute Gasteiger partial charge is 0.170 e. The first-order valence-electron chi connectivity index (χ1n) is 5.77. The van der Waals surface area contributed by atoms with E-state index in [2.05, 4.69) is 10.6 Å². The summed E-state index contributed by atoms with van der Waals surface area (Å²) in [6.07, 6.45) is 2.44. The SMILES string of the molecule is S=C(NC[C@H]1CCCO1)Nc1cccc(Cl)c1Cl. The molecule has 0 unspecified atom stereocenters. The molecule has 2 N–H and O–H groups in total. The standard InChI is InChI=1S/C12H14Cl2N2OS/c13-9-4-1-5-10(11(9)14)16-12(18)15-7-8-3-2-6-17-8/h1,4-5,8H,2-3,6-7H2,(H2,15,16,18)/t8-/m1/s1. The third-order valence-corrected chi connectivity index (χ3v) is 3.78. The number of rotatable bonds is 3. The van der Waals surface area contributed by atoms with E-state index in [4.69, 9.17) is 40.2 Å². The van der Waals surface area contributed by atoms with Crippen LogP contribution in [0.4, 0.5) is 5.69 Å². The number of benzene rings is 1. The molecule has 0 amide bonds. The molecule has 0 aliphatic carbocycles. The summed E-state index contributed by atoms with van der Waals surface area (Å²) in [5.74, 6) is 0. The molecule has 1 heterocycles. The molecule has 1 atom stereocenters. The van der Waals surface area contributed by atoms with Gasteiger partial charge in [0, 0.05) is 13.2 Å². The maximum atomic E-state index is 6.06. The summed E-state index contributed by atoms with van der Waals surface area (Å²) in [4.78, 5) is 0. The van der Waals surface area contributed by atoms with Gasteiger partial charge in [-0.2, -0.15) is 0 Å². The molecule has 0 bridgehead atoms. The normalized spacial score (nSPS) is 18.7. The van der Waals surface area contributed by atoms with Crippen molar-refractivity contribution in [2.75, 3.05) is 18.5 Å². The Kier molecular flexibility index (Phi) is 5.06. The van der Waals surface area contributed by atoms with Crippen molar-refractivity contribution >= 4 is 46.2 Å². The lowest BCUT2D eigenvalue weighted by Gasteiger charge is -2.15. The van der Waals surface area contributed by atoms with Crippen molar-refractivity contribution in [3.8, 4) is 0 Å². The molecule has 0 aromatic heterocycles. The quantitative estimate of drug-likeness (QED) is 0.838. The maximum Gasteiger partial charge on any atom is 0.170 e. The Hall–Kier alpha value is -0.550. The molecule has 1 aromatic rings. The molecule has 1 fully saturated rings. The van der Waals surface area contributed by atoms with E-state index in [0.717, 1.165) is 19.4 Å². The summed E-state index contributed by atoms with van der Waals surface area (Å²) in [6, 6.07) is 5.38. The second-order valence-corrected chi connectivity index (χ2v) is 5.26. The summed E-state index contributed by atoms with van der Waals surface area (Å²) in [6.45, 7) is 1.55. The van der Waals surface area contributed by atoms with Crippen molar-refractivity contribution in [1.29, 1.82) is 0 Å². The average molecular weight is 305 g/mol. The lowest BCUT2D eigenvalue weighted by atomic mass is 10.2. The summed E-state index contributed by atoms with van der Waals surface area (Å²) in [5.41, 5.74) is 0.703. The highest BCUT2D eigenvalue weighted by molar-refractivity contribution is 7.80. The summed E-state index contributed by atoms with van der Waals surface area (Å²) >= 11 is 17.2. The van der Waals surface area contributed by atoms with Crippen molar-refractivity contribution in [2.45, 2.75) is 18.9 Å². The first-order valence-corrected chi connectivity index (χ1v) is 6.93. The van der Waals surface area contributed by atoms with Crippen LogP contribution in [-0.2, 0) is 4.74 Å². The third kappa shape index (κ3) is 3.72. The largest absolute Gasteiger partial charge is 0.376 e. The molecule has 0 spiro atoms. The number of anilines is 1. The molecular formula is C12H14Cl2N2OS. The van der Waals surface area contributed by atoms with E-state index in [1.165, 1.54) is 0 Å². The highest BCUT2D eigenvalue weighted by Crippen LogP contribution is 2.29. The molecule has 0 saturated carbocycles. The van der Waals surface area contributed by atoms with Gasteiger partial charge in [0.05, 0.1) is 21.8 Å². The summed E-state index contributed by atoms with van der Waals surface area (Å²) in [7, 11) is 0. The second kappa shape index (κ2) is 6.57. The fourth-order valence-corrected chi connectivity index (χ4v) is 2.32. The van der Waals surface area contributed by atoms with Gasteiger partial charge in [0.1, 0.15) is 0 Å². The fourth-order valence-electron chi connectivity index (χ4n) is 1.78. The minimum absolute atomic E-state index is 0.250. The fraction of sp³-hybridized carbons (Fsp3) is 0.417. The van der Waals surface area contributed by atoms with E-state index >= 15 is 0 Å². The summed E-state index contributed by atoms with van der Waals surface area (Å²) in [5, 5.41) is 7.64. The zero-order valence-electron chi connectivity index (χ0n) is 9.71. The molecule has 3 nitrogen and oxygen atoms in total. The molecule has 1 aromatic carbocycles. The van der Waals surface area contributed by atoms with Crippen molar-refractivity contribution in [3.05, 3.63) is 28.2 Å². The van der Waals surface area contributed by atoms with Gasteiger partial charge in [-0.05, 0) is 37.2 Å². The van der Waals surface area contributed by atoms with Crippen LogP contribution < -0.4 is 10.6 Å². The average Bonchev–Trinajstić information content (AvgIpc) is 2.86. The van der Waals surface area contributed by atoms with Gasteiger partial charge in [0.15, 0.2) is 5.11 Å².